The van der Waals surface area contributed by atoms with E-state index in [0.717, 1.165) is 0 Å². The first-order chi connectivity index (χ1) is 18.7. The summed E-state index contributed by atoms with van der Waals surface area (Å²) in [5, 5.41) is 81.2. The number of hydrogen-bond acceptors (Lipinski definition) is 13. The molecule has 2 aliphatic rings. The summed E-state index contributed by atoms with van der Waals surface area (Å²) < 4.78 is 22.8. The van der Waals surface area contributed by atoms with Crippen LogP contribution in [0.4, 0.5) is 0 Å². The fraction of sp³-hybridized carbons (Fsp3) is 0.556. The normalized spacial score (nSPS) is 38.2. The van der Waals surface area contributed by atoms with E-state index in [2.05, 4.69) is 0 Å². The number of aryl methyl sites for hydroxylation is 2. The maximum Gasteiger partial charge on any atom is 0.245 e. The summed E-state index contributed by atoms with van der Waals surface area (Å²) in [6.07, 6.45) is -12.1. The van der Waals surface area contributed by atoms with Gasteiger partial charge in [0.25, 0.3) is 0 Å². The zero-order chi connectivity index (χ0) is 29.6. The average molecular weight is 568 g/mol. The van der Waals surface area contributed by atoms with Crippen LogP contribution in [0.2, 0.25) is 0 Å². The molecule has 2 heterocycles. The first-order valence-electron chi connectivity index (χ1n) is 12.8. The maximum absolute atomic E-state index is 10.8. The van der Waals surface area contributed by atoms with E-state index in [0.29, 0.717) is 28.0 Å². The van der Waals surface area contributed by atoms with E-state index in [1.165, 1.54) is 6.92 Å². The fourth-order valence-corrected chi connectivity index (χ4v) is 4.65. The second-order valence-corrected chi connectivity index (χ2v) is 10.6. The molecule has 13 heteroatoms. The molecular formula is C27H37NO12. The Labute approximate surface area is 230 Å². The van der Waals surface area contributed by atoms with Crippen LogP contribution < -0.4 is 15.2 Å². The van der Waals surface area contributed by atoms with Crippen LogP contribution in [0.15, 0.2) is 36.4 Å². The van der Waals surface area contributed by atoms with Crippen LogP contribution in [0, 0.1) is 13.8 Å². The lowest BCUT2D eigenvalue weighted by Gasteiger charge is -2.45. The number of ether oxygens (including phenoxy) is 4. The van der Waals surface area contributed by atoms with Crippen molar-refractivity contribution < 1.29 is 59.8 Å². The van der Waals surface area contributed by atoms with Crippen molar-refractivity contribution in [3.8, 4) is 22.6 Å². The molecule has 2 aromatic rings. The highest BCUT2D eigenvalue weighted by atomic mass is 16.7. The van der Waals surface area contributed by atoms with Gasteiger partial charge in [-0.2, -0.15) is 0 Å². The van der Waals surface area contributed by atoms with Crippen molar-refractivity contribution in [3.63, 3.8) is 0 Å². The SMILES string of the molecule is Cc1ccc(-c2ccc(C)c(O[C@H]3O[C@H](CO)[C@@H](O)[C@H](O)[C@]3(N)O)c2)cc1O[C@H]1O[C@H](CO)[C@@H](O)[C@H](O)[C@]1(C)O. The Bertz CT molecular complexity index is 1100. The van der Waals surface area contributed by atoms with Crippen LogP contribution in [0.5, 0.6) is 11.5 Å². The van der Waals surface area contributed by atoms with Gasteiger partial charge in [-0.25, -0.2) is 0 Å². The van der Waals surface area contributed by atoms with Crippen molar-refractivity contribution >= 4 is 0 Å². The molecule has 2 aliphatic heterocycles. The predicted molar refractivity (Wildman–Crippen MR) is 138 cm³/mol. The van der Waals surface area contributed by atoms with Gasteiger partial charge in [0.1, 0.15) is 48.1 Å². The summed E-state index contributed by atoms with van der Waals surface area (Å²) in [4.78, 5) is 0. The third kappa shape index (κ3) is 5.55. The van der Waals surface area contributed by atoms with Gasteiger partial charge in [-0.15, -0.1) is 0 Å². The summed E-state index contributed by atoms with van der Waals surface area (Å²) in [5.41, 5.74) is 3.89. The van der Waals surface area contributed by atoms with Crippen LogP contribution in [0.1, 0.15) is 18.1 Å². The van der Waals surface area contributed by atoms with Crippen LogP contribution in [-0.4, -0.2) is 115 Å². The summed E-state index contributed by atoms with van der Waals surface area (Å²) >= 11 is 0. The van der Waals surface area contributed by atoms with E-state index in [4.69, 9.17) is 24.7 Å². The lowest BCUT2D eigenvalue weighted by molar-refractivity contribution is -0.319. The van der Waals surface area contributed by atoms with Crippen molar-refractivity contribution in [3.05, 3.63) is 47.5 Å². The molecule has 10 atom stereocenters. The first kappa shape index (κ1) is 30.6. The number of benzene rings is 2. The summed E-state index contributed by atoms with van der Waals surface area (Å²) in [6, 6.07) is 10.4. The first-order valence-corrected chi connectivity index (χ1v) is 12.8. The largest absolute Gasteiger partial charge is 0.461 e. The van der Waals surface area contributed by atoms with Gasteiger partial charge in [-0.3, -0.25) is 5.73 Å². The smallest absolute Gasteiger partial charge is 0.245 e. The van der Waals surface area contributed by atoms with E-state index in [1.54, 1.807) is 50.2 Å². The Morgan fingerprint density at radius 1 is 0.750 bits per heavy atom. The minimum absolute atomic E-state index is 0.233. The molecule has 40 heavy (non-hydrogen) atoms. The van der Waals surface area contributed by atoms with Gasteiger partial charge >= 0.3 is 0 Å². The predicted octanol–water partition coefficient (Wildman–Crippen LogP) is -2.00. The summed E-state index contributed by atoms with van der Waals surface area (Å²) in [7, 11) is 0. The number of hydrogen-bond donors (Lipinski definition) is 9. The molecule has 0 aromatic heterocycles. The monoisotopic (exact) mass is 567 g/mol. The number of rotatable bonds is 7. The minimum Gasteiger partial charge on any atom is -0.461 e. The Balaban J connectivity index is 1.61. The van der Waals surface area contributed by atoms with Crippen molar-refractivity contribution in [2.24, 2.45) is 5.73 Å². The molecule has 2 saturated heterocycles. The summed E-state index contributed by atoms with van der Waals surface area (Å²) in [5.74, 6) is 0.525. The van der Waals surface area contributed by atoms with Crippen molar-refractivity contribution in [2.45, 2.75) is 81.3 Å². The molecule has 222 valence electrons. The molecule has 0 aliphatic carbocycles. The number of aliphatic hydroxyl groups excluding tert-OH is 6. The Kier molecular flexibility index (Phi) is 8.76. The number of nitrogens with two attached hydrogens (primary N) is 1. The van der Waals surface area contributed by atoms with Crippen LogP contribution in [-0.2, 0) is 9.47 Å². The number of aliphatic hydroxyl groups is 8. The Morgan fingerprint density at radius 2 is 1.18 bits per heavy atom. The quantitative estimate of drug-likeness (QED) is 0.165. The van der Waals surface area contributed by atoms with Gasteiger partial charge in [0.15, 0.2) is 5.60 Å². The van der Waals surface area contributed by atoms with Gasteiger partial charge in [-0.05, 0) is 55.2 Å². The van der Waals surface area contributed by atoms with Crippen LogP contribution in [0.25, 0.3) is 11.1 Å². The average Bonchev–Trinajstić information content (AvgIpc) is 2.92. The van der Waals surface area contributed by atoms with Crippen molar-refractivity contribution in [1.82, 2.24) is 0 Å². The van der Waals surface area contributed by atoms with Crippen LogP contribution in [0.3, 0.4) is 0 Å². The molecule has 0 amide bonds. The fourth-order valence-electron chi connectivity index (χ4n) is 4.65. The molecule has 2 fully saturated rings. The zero-order valence-corrected chi connectivity index (χ0v) is 22.3. The zero-order valence-electron chi connectivity index (χ0n) is 22.3. The molecule has 0 spiro atoms. The van der Waals surface area contributed by atoms with E-state index in [-0.39, 0.29) is 5.75 Å². The van der Waals surface area contributed by atoms with Gasteiger partial charge in [0.2, 0.25) is 18.3 Å². The van der Waals surface area contributed by atoms with E-state index < -0.39 is 73.7 Å². The maximum atomic E-state index is 10.8. The van der Waals surface area contributed by atoms with E-state index in [1.807, 2.05) is 0 Å². The van der Waals surface area contributed by atoms with Crippen molar-refractivity contribution in [2.75, 3.05) is 13.2 Å². The summed E-state index contributed by atoms with van der Waals surface area (Å²) in [6.45, 7) is 3.50. The highest BCUT2D eigenvalue weighted by Crippen LogP contribution is 2.36. The highest BCUT2D eigenvalue weighted by molar-refractivity contribution is 5.68. The van der Waals surface area contributed by atoms with Gasteiger partial charge in [0, 0.05) is 0 Å². The standard InChI is InChI=1S/C27H37NO12/c1-12-4-6-14(8-16(12)37-24-26(3,35)22(33)20(31)18(10-29)39-24)15-7-5-13(2)17(9-15)38-25-27(28,36)23(34)21(32)19(11-30)40-25/h4-9,18-25,29-36H,10-11,28H2,1-3H3/t18-,19-,20-,21-,22+,23+,24+,25+,26+,27+/m1/s1. The minimum atomic E-state index is -2.49. The molecule has 0 radical (unpaired) electrons. The third-order valence-corrected chi connectivity index (χ3v) is 7.47. The van der Waals surface area contributed by atoms with Gasteiger partial charge < -0.3 is 59.8 Å². The second kappa shape index (κ2) is 11.5. The van der Waals surface area contributed by atoms with E-state index in [9.17, 15) is 40.9 Å². The molecule has 13 nitrogen and oxygen atoms in total. The van der Waals surface area contributed by atoms with Crippen LogP contribution >= 0.6 is 0 Å². The lowest BCUT2D eigenvalue weighted by atomic mass is 9.88. The Morgan fingerprint density at radius 3 is 1.65 bits per heavy atom. The van der Waals surface area contributed by atoms with Gasteiger partial charge in [-0.1, -0.05) is 24.3 Å². The van der Waals surface area contributed by atoms with Gasteiger partial charge in [0.05, 0.1) is 13.2 Å². The third-order valence-electron chi connectivity index (χ3n) is 7.47. The molecular weight excluding hydrogens is 530 g/mol. The Hall–Kier alpha value is -2.40. The highest BCUT2D eigenvalue weighted by Gasteiger charge is 2.55. The molecule has 10 N–H and O–H groups in total. The van der Waals surface area contributed by atoms with E-state index >= 15 is 0 Å². The second-order valence-electron chi connectivity index (χ2n) is 10.6. The molecule has 0 unspecified atom stereocenters. The topological polar surface area (TPSA) is 225 Å². The van der Waals surface area contributed by atoms with Crippen molar-refractivity contribution in [1.29, 1.82) is 0 Å². The molecule has 0 saturated carbocycles. The molecule has 0 bridgehead atoms. The lowest BCUT2D eigenvalue weighted by Crippen LogP contribution is -2.72. The molecule has 4 rings (SSSR count). The molecule has 2 aromatic carbocycles.